The van der Waals surface area contributed by atoms with E-state index in [1.807, 2.05) is 0 Å². The average molecular weight is 157 g/mol. The van der Waals surface area contributed by atoms with E-state index >= 15 is 0 Å². The molecule has 0 aromatic heterocycles. The van der Waals surface area contributed by atoms with Crippen molar-refractivity contribution < 1.29 is 27.3 Å². The molecular formula is C3H8Cd. The fourth-order valence-corrected chi connectivity index (χ4v) is 0. The normalized spacial score (nSPS) is 4.50. The van der Waals surface area contributed by atoms with Crippen LogP contribution in [-0.4, -0.2) is 0 Å². The van der Waals surface area contributed by atoms with Gasteiger partial charge in [0.1, 0.15) is 0 Å². The standard InChI is InChI=1S/C3H8.Cd/c1-3-2;/h3H2,1-2H3;. The predicted molar refractivity (Wildman–Crippen MR) is 16.0 cm³/mol. The van der Waals surface area contributed by atoms with Crippen molar-refractivity contribution in [2.24, 2.45) is 0 Å². The van der Waals surface area contributed by atoms with Crippen molar-refractivity contribution in [3.63, 3.8) is 0 Å². The number of rotatable bonds is 0. The van der Waals surface area contributed by atoms with Crippen LogP contribution >= 0.6 is 0 Å². The third-order valence-corrected chi connectivity index (χ3v) is 0. The van der Waals surface area contributed by atoms with E-state index in [2.05, 4.69) is 13.8 Å². The average Bonchev–Trinajstić information content (AvgIpc) is 0.918. The van der Waals surface area contributed by atoms with Crippen LogP contribution in [0.2, 0.25) is 0 Å². The van der Waals surface area contributed by atoms with Gasteiger partial charge in [-0.15, -0.1) is 0 Å². The predicted octanol–water partition coefficient (Wildman–Crippen LogP) is 1.41. The molecular weight excluding hydrogens is 148 g/mol. The Morgan fingerprint density at radius 2 is 1.25 bits per heavy atom. The van der Waals surface area contributed by atoms with Crippen LogP contribution in [0.25, 0.3) is 0 Å². The molecule has 0 aromatic carbocycles. The zero-order valence-electron chi connectivity index (χ0n) is 3.41. The molecule has 0 aromatic rings. The summed E-state index contributed by atoms with van der Waals surface area (Å²) in [4.78, 5) is 0. The summed E-state index contributed by atoms with van der Waals surface area (Å²) in [6.45, 7) is 4.25. The van der Waals surface area contributed by atoms with Gasteiger partial charge in [-0.1, -0.05) is 20.3 Å². The van der Waals surface area contributed by atoms with Crippen LogP contribution < -0.4 is 0 Å². The van der Waals surface area contributed by atoms with Crippen LogP contribution in [0.15, 0.2) is 0 Å². The van der Waals surface area contributed by atoms with E-state index < -0.39 is 0 Å². The maximum absolute atomic E-state index is 2.12. The molecule has 22 valence electrons. The van der Waals surface area contributed by atoms with Crippen molar-refractivity contribution in [2.75, 3.05) is 0 Å². The second kappa shape index (κ2) is 9.06. The van der Waals surface area contributed by atoms with Gasteiger partial charge < -0.3 is 0 Å². The molecule has 0 aliphatic heterocycles. The second-order valence-electron chi connectivity index (χ2n) is 0.707. The van der Waals surface area contributed by atoms with Crippen LogP contribution in [0.1, 0.15) is 20.3 Å². The third kappa shape index (κ3) is 12.7. The molecule has 0 heterocycles. The Hall–Kier alpha value is 0.922. The molecule has 0 N–H and O–H groups in total. The Labute approximate surface area is 47.8 Å². The van der Waals surface area contributed by atoms with Gasteiger partial charge in [0.2, 0.25) is 0 Å². The van der Waals surface area contributed by atoms with Crippen LogP contribution in [0, 0.1) is 0 Å². The molecule has 0 aliphatic carbocycles. The molecule has 0 amide bonds. The zero-order valence-corrected chi connectivity index (χ0v) is 7.45. The summed E-state index contributed by atoms with van der Waals surface area (Å²) >= 11 is 0. The minimum atomic E-state index is 0. The van der Waals surface area contributed by atoms with Gasteiger partial charge in [0.25, 0.3) is 0 Å². The van der Waals surface area contributed by atoms with E-state index in [9.17, 15) is 0 Å². The van der Waals surface area contributed by atoms with E-state index in [1.54, 1.807) is 0 Å². The van der Waals surface area contributed by atoms with Crippen LogP contribution in [0.5, 0.6) is 0 Å². The van der Waals surface area contributed by atoms with Crippen LogP contribution in [-0.2, 0) is 27.3 Å². The van der Waals surface area contributed by atoms with E-state index in [4.69, 9.17) is 0 Å². The van der Waals surface area contributed by atoms with E-state index in [1.165, 1.54) is 6.42 Å². The summed E-state index contributed by atoms with van der Waals surface area (Å²) < 4.78 is 0. The van der Waals surface area contributed by atoms with Crippen molar-refractivity contribution in [3.05, 3.63) is 0 Å². The van der Waals surface area contributed by atoms with Gasteiger partial charge in [0, 0.05) is 27.3 Å². The molecule has 1 heteroatoms. The molecule has 0 spiro atoms. The van der Waals surface area contributed by atoms with Crippen molar-refractivity contribution in [1.82, 2.24) is 0 Å². The fourth-order valence-electron chi connectivity index (χ4n) is 0. The SMILES string of the molecule is CCC.[Cd]. The van der Waals surface area contributed by atoms with Gasteiger partial charge in [-0.3, -0.25) is 0 Å². The summed E-state index contributed by atoms with van der Waals surface area (Å²) in [6.07, 6.45) is 1.25. The third-order valence-electron chi connectivity index (χ3n) is 0. The fraction of sp³-hybridized carbons (Fsp3) is 1.00. The molecule has 0 unspecified atom stereocenters. The summed E-state index contributed by atoms with van der Waals surface area (Å²) in [5.41, 5.74) is 0. The Kier molecular flexibility index (Phi) is 20.1. The summed E-state index contributed by atoms with van der Waals surface area (Å²) in [5, 5.41) is 0. The Morgan fingerprint density at radius 3 is 1.25 bits per heavy atom. The Morgan fingerprint density at radius 1 is 1.25 bits per heavy atom. The van der Waals surface area contributed by atoms with Gasteiger partial charge in [-0.25, -0.2) is 0 Å². The first-order valence-corrected chi connectivity index (χ1v) is 1.41. The summed E-state index contributed by atoms with van der Waals surface area (Å²) in [5.74, 6) is 0. The zero-order chi connectivity index (χ0) is 2.71. The van der Waals surface area contributed by atoms with Crippen molar-refractivity contribution >= 4 is 0 Å². The maximum Gasteiger partial charge on any atom is 0 e. The largest absolute Gasteiger partial charge is 0.0656 e. The first-order valence-electron chi connectivity index (χ1n) is 1.41. The number of hydrogen-bond donors (Lipinski definition) is 0. The van der Waals surface area contributed by atoms with Crippen molar-refractivity contribution in [1.29, 1.82) is 0 Å². The van der Waals surface area contributed by atoms with Gasteiger partial charge in [-0.2, -0.15) is 0 Å². The minimum absolute atomic E-state index is 0. The minimum Gasteiger partial charge on any atom is -0.0656 e. The topological polar surface area (TPSA) is 0 Å². The monoisotopic (exact) mass is 158 g/mol. The molecule has 4 heavy (non-hydrogen) atoms. The Bertz CT molecular complexity index is 3.25. The summed E-state index contributed by atoms with van der Waals surface area (Å²) in [6, 6.07) is 0. The van der Waals surface area contributed by atoms with Crippen molar-refractivity contribution in [2.45, 2.75) is 20.3 Å². The first kappa shape index (κ1) is 8.87. The maximum atomic E-state index is 2.12. The quantitative estimate of drug-likeness (QED) is 0.466. The smallest absolute Gasteiger partial charge is 0 e. The van der Waals surface area contributed by atoms with E-state index in [-0.39, 0.29) is 27.3 Å². The van der Waals surface area contributed by atoms with Crippen molar-refractivity contribution in [3.8, 4) is 0 Å². The molecule has 0 rings (SSSR count). The van der Waals surface area contributed by atoms with E-state index in [0.29, 0.717) is 0 Å². The van der Waals surface area contributed by atoms with Gasteiger partial charge in [0.15, 0.2) is 0 Å². The van der Waals surface area contributed by atoms with Crippen LogP contribution in [0.3, 0.4) is 0 Å². The number of hydrogen-bond acceptors (Lipinski definition) is 0. The molecule has 0 fully saturated rings. The van der Waals surface area contributed by atoms with Crippen LogP contribution in [0.4, 0.5) is 0 Å². The molecule has 0 bridgehead atoms. The molecule has 0 aliphatic rings. The van der Waals surface area contributed by atoms with E-state index in [0.717, 1.165) is 0 Å². The first-order chi connectivity index (χ1) is 1.41. The molecule has 0 radical (unpaired) electrons. The second-order valence-corrected chi connectivity index (χ2v) is 0.707. The Balaban J connectivity index is 0. The van der Waals surface area contributed by atoms with Gasteiger partial charge in [0.05, 0.1) is 0 Å². The summed E-state index contributed by atoms with van der Waals surface area (Å²) in [7, 11) is 0. The van der Waals surface area contributed by atoms with Gasteiger partial charge >= 0.3 is 0 Å². The van der Waals surface area contributed by atoms with Gasteiger partial charge in [-0.05, 0) is 0 Å². The molecule has 0 saturated heterocycles. The molecule has 0 nitrogen and oxygen atoms in total. The molecule has 0 atom stereocenters. The molecule has 0 saturated carbocycles.